The van der Waals surface area contributed by atoms with Crippen molar-refractivity contribution in [2.24, 2.45) is 0 Å². The fourth-order valence-electron chi connectivity index (χ4n) is 1.97. The topological polar surface area (TPSA) is 20.2 Å². The highest BCUT2D eigenvalue weighted by Crippen LogP contribution is 2.25. The zero-order valence-electron chi connectivity index (χ0n) is 7.43. The second-order valence-corrected chi connectivity index (χ2v) is 3.56. The van der Waals surface area contributed by atoms with Crippen LogP contribution in [0.4, 0.5) is 0 Å². The van der Waals surface area contributed by atoms with Crippen LogP contribution in [0, 0.1) is 6.92 Å². The monoisotopic (exact) mass is 162 g/mol. The molecule has 12 heavy (non-hydrogen) atoms. The average Bonchev–Trinajstić information content (AvgIpc) is 2.49. The lowest BCUT2D eigenvalue weighted by Crippen LogP contribution is -1.92. The summed E-state index contributed by atoms with van der Waals surface area (Å²) in [5, 5.41) is 9.05. The summed E-state index contributed by atoms with van der Waals surface area (Å²) < 4.78 is 0. The standard InChI is InChI=1S/C11H14O/c1-8-5-9-3-2-4-10(9)6-11(8)7-12/h5-6,12H,2-4,7H2,1H3. The van der Waals surface area contributed by atoms with E-state index in [0.717, 1.165) is 5.56 Å². The first-order valence-corrected chi connectivity index (χ1v) is 4.53. The van der Waals surface area contributed by atoms with Crippen LogP contribution in [0.25, 0.3) is 0 Å². The van der Waals surface area contributed by atoms with E-state index in [2.05, 4.69) is 19.1 Å². The van der Waals surface area contributed by atoms with E-state index in [4.69, 9.17) is 5.11 Å². The van der Waals surface area contributed by atoms with E-state index in [1.165, 1.54) is 36.0 Å². The molecule has 0 aliphatic heterocycles. The third-order valence-corrected chi connectivity index (χ3v) is 2.72. The predicted molar refractivity (Wildman–Crippen MR) is 49.1 cm³/mol. The van der Waals surface area contributed by atoms with Crippen LogP contribution in [0.1, 0.15) is 28.7 Å². The smallest absolute Gasteiger partial charge is 0.0684 e. The van der Waals surface area contributed by atoms with E-state index >= 15 is 0 Å². The number of aliphatic hydroxyl groups is 1. The van der Waals surface area contributed by atoms with Gasteiger partial charge in [-0.1, -0.05) is 12.1 Å². The Morgan fingerprint density at radius 3 is 2.58 bits per heavy atom. The van der Waals surface area contributed by atoms with Crippen LogP contribution in [0.15, 0.2) is 12.1 Å². The van der Waals surface area contributed by atoms with Gasteiger partial charge in [0, 0.05) is 0 Å². The molecule has 0 unspecified atom stereocenters. The van der Waals surface area contributed by atoms with Crippen molar-refractivity contribution in [3.05, 3.63) is 34.4 Å². The van der Waals surface area contributed by atoms with Gasteiger partial charge in [0.05, 0.1) is 6.61 Å². The van der Waals surface area contributed by atoms with Crippen molar-refractivity contribution in [2.75, 3.05) is 0 Å². The van der Waals surface area contributed by atoms with E-state index in [-0.39, 0.29) is 6.61 Å². The van der Waals surface area contributed by atoms with Crippen molar-refractivity contribution in [1.82, 2.24) is 0 Å². The summed E-state index contributed by atoms with van der Waals surface area (Å²) in [6.45, 7) is 2.25. The fourth-order valence-corrected chi connectivity index (χ4v) is 1.97. The molecule has 1 heteroatoms. The summed E-state index contributed by atoms with van der Waals surface area (Å²) >= 11 is 0. The molecule has 1 N–H and O–H groups in total. The van der Waals surface area contributed by atoms with Crippen LogP contribution in [0.5, 0.6) is 0 Å². The van der Waals surface area contributed by atoms with Crippen molar-refractivity contribution in [3.8, 4) is 0 Å². The molecular weight excluding hydrogens is 148 g/mol. The maximum Gasteiger partial charge on any atom is 0.0684 e. The number of hydrogen-bond donors (Lipinski definition) is 1. The number of fused-ring (bicyclic) bond motifs is 1. The Bertz CT molecular complexity index is 301. The lowest BCUT2D eigenvalue weighted by Gasteiger charge is -2.06. The Kier molecular flexibility index (Phi) is 1.89. The maximum atomic E-state index is 9.05. The number of aliphatic hydroxyl groups excluding tert-OH is 1. The molecule has 2 rings (SSSR count). The van der Waals surface area contributed by atoms with Crippen molar-refractivity contribution in [1.29, 1.82) is 0 Å². The van der Waals surface area contributed by atoms with Gasteiger partial charge in [0.1, 0.15) is 0 Å². The first kappa shape index (κ1) is 7.81. The third-order valence-electron chi connectivity index (χ3n) is 2.72. The largest absolute Gasteiger partial charge is 0.392 e. The summed E-state index contributed by atoms with van der Waals surface area (Å²) in [5.41, 5.74) is 5.27. The number of rotatable bonds is 1. The first-order valence-electron chi connectivity index (χ1n) is 4.53. The van der Waals surface area contributed by atoms with E-state index in [9.17, 15) is 0 Å². The Morgan fingerprint density at radius 1 is 1.25 bits per heavy atom. The average molecular weight is 162 g/mol. The fraction of sp³-hybridized carbons (Fsp3) is 0.455. The molecular formula is C11H14O. The molecule has 0 saturated carbocycles. The van der Waals surface area contributed by atoms with Gasteiger partial charge in [-0.25, -0.2) is 0 Å². The van der Waals surface area contributed by atoms with Crippen LogP contribution in [0.2, 0.25) is 0 Å². The summed E-state index contributed by atoms with van der Waals surface area (Å²) in [6, 6.07) is 4.39. The van der Waals surface area contributed by atoms with Gasteiger partial charge in [0.15, 0.2) is 0 Å². The molecule has 0 fully saturated rings. The molecule has 0 amide bonds. The van der Waals surface area contributed by atoms with Crippen molar-refractivity contribution in [2.45, 2.75) is 32.8 Å². The maximum absolute atomic E-state index is 9.05. The Morgan fingerprint density at radius 2 is 1.92 bits per heavy atom. The van der Waals surface area contributed by atoms with Gasteiger partial charge < -0.3 is 5.11 Å². The summed E-state index contributed by atoms with van der Waals surface area (Å²) in [7, 11) is 0. The Balaban J connectivity index is 2.49. The van der Waals surface area contributed by atoms with Gasteiger partial charge in [-0.15, -0.1) is 0 Å². The zero-order valence-corrected chi connectivity index (χ0v) is 7.43. The van der Waals surface area contributed by atoms with Gasteiger partial charge >= 0.3 is 0 Å². The second kappa shape index (κ2) is 2.91. The molecule has 0 bridgehead atoms. The summed E-state index contributed by atoms with van der Waals surface area (Å²) in [6.07, 6.45) is 3.70. The second-order valence-electron chi connectivity index (χ2n) is 3.56. The molecule has 1 aliphatic rings. The predicted octanol–water partition coefficient (Wildman–Crippen LogP) is 1.98. The van der Waals surface area contributed by atoms with Gasteiger partial charge in [0.25, 0.3) is 0 Å². The quantitative estimate of drug-likeness (QED) is 0.669. The van der Waals surface area contributed by atoms with Gasteiger partial charge in [-0.3, -0.25) is 0 Å². The lowest BCUT2D eigenvalue weighted by atomic mass is 10.0. The minimum absolute atomic E-state index is 0.180. The molecule has 0 aromatic heterocycles. The minimum atomic E-state index is 0.180. The van der Waals surface area contributed by atoms with E-state index < -0.39 is 0 Å². The minimum Gasteiger partial charge on any atom is -0.392 e. The van der Waals surface area contributed by atoms with Crippen LogP contribution < -0.4 is 0 Å². The molecule has 1 aromatic carbocycles. The molecule has 0 radical (unpaired) electrons. The Hall–Kier alpha value is -0.820. The molecule has 64 valence electrons. The zero-order chi connectivity index (χ0) is 8.55. The highest BCUT2D eigenvalue weighted by Gasteiger charge is 2.12. The van der Waals surface area contributed by atoms with Gasteiger partial charge in [-0.2, -0.15) is 0 Å². The third kappa shape index (κ3) is 1.14. The Labute approximate surface area is 73.0 Å². The normalized spacial score (nSPS) is 14.8. The van der Waals surface area contributed by atoms with Crippen LogP contribution >= 0.6 is 0 Å². The molecule has 0 saturated heterocycles. The number of aryl methyl sites for hydroxylation is 3. The summed E-state index contributed by atoms with van der Waals surface area (Å²) in [5.74, 6) is 0. The van der Waals surface area contributed by atoms with Gasteiger partial charge in [-0.05, 0) is 48.4 Å². The van der Waals surface area contributed by atoms with Gasteiger partial charge in [0.2, 0.25) is 0 Å². The number of benzene rings is 1. The highest BCUT2D eigenvalue weighted by atomic mass is 16.3. The van der Waals surface area contributed by atoms with E-state index in [1.807, 2.05) is 0 Å². The number of hydrogen-bond acceptors (Lipinski definition) is 1. The molecule has 0 atom stereocenters. The van der Waals surface area contributed by atoms with Crippen LogP contribution in [-0.2, 0) is 19.4 Å². The molecule has 0 spiro atoms. The molecule has 0 heterocycles. The molecule has 1 aromatic rings. The first-order chi connectivity index (χ1) is 5.81. The van der Waals surface area contributed by atoms with Crippen LogP contribution in [-0.4, -0.2) is 5.11 Å². The summed E-state index contributed by atoms with van der Waals surface area (Å²) in [4.78, 5) is 0. The van der Waals surface area contributed by atoms with Crippen molar-refractivity contribution in [3.63, 3.8) is 0 Å². The van der Waals surface area contributed by atoms with Crippen LogP contribution in [0.3, 0.4) is 0 Å². The highest BCUT2D eigenvalue weighted by molar-refractivity contribution is 5.39. The van der Waals surface area contributed by atoms with Crippen molar-refractivity contribution >= 4 is 0 Å². The molecule has 1 nitrogen and oxygen atoms in total. The lowest BCUT2D eigenvalue weighted by molar-refractivity contribution is 0.281. The van der Waals surface area contributed by atoms with E-state index in [1.54, 1.807) is 0 Å². The van der Waals surface area contributed by atoms with E-state index in [0.29, 0.717) is 0 Å². The molecule has 1 aliphatic carbocycles. The van der Waals surface area contributed by atoms with Crippen molar-refractivity contribution < 1.29 is 5.11 Å². The SMILES string of the molecule is Cc1cc2c(cc1CO)CCC2.